The van der Waals surface area contributed by atoms with E-state index in [9.17, 15) is 9.90 Å². The van der Waals surface area contributed by atoms with Crippen LogP contribution in [0.5, 0.6) is 0 Å². The Kier molecular flexibility index (Phi) is 4.16. The van der Waals surface area contributed by atoms with Crippen LogP contribution in [0.1, 0.15) is 31.0 Å². The Labute approximate surface area is 149 Å². The summed E-state index contributed by atoms with van der Waals surface area (Å²) in [6.07, 6.45) is 2.58. The Morgan fingerprint density at radius 2 is 2.25 bits per heavy atom. The van der Waals surface area contributed by atoms with E-state index in [0.29, 0.717) is 19.7 Å². The van der Waals surface area contributed by atoms with E-state index >= 15 is 0 Å². The lowest BCUT2D eigenvalue weighted by molar-refractivity contribution is 0.108. The molecule has 2 aliphatic heterocycles. The van der Waals surface area contributed by atoms with Gasteiger partial charge in [-0.25, -0.2) is 9.78 Å². The number of amides is 1. The fraction of sp³-hybridized carbons (Fsp3) is 0.647. The van der Waals surface area contributed by atoms with Gasteiger partial charge in [-0.2, -0.15) is 0 Å². The predicted octanol–water partition coefficient (Wildman–Crippen LogP) is 2.88. The summed E-state index contributed by atoms with van der Waals surface area (Å²) in [7, 11) is 0. The molecule has 2 atom stereocenters. The van der Waals surface area contributed by atoms with Gasteiger partial charge in [-0.1, -0.05) is 0 Å². The van der Waals surface area contributed by atoms with Gasteiger partial charge in [0.2, 0.25) is 0 Å². The molecule has 7 heteroatoms. The largest absolute Gasteiger partial charge is 0.465 e. The smallest absolute Gasteiger partial charge is 0.407 e. The van der Waals surface area contributed by atoms with E-state index in [1.807, 2.05) is 0 Å². The third kappa shape index (κ3) is 2.99. The zero-order valence-corrected chi connectivity index (χ0v) is 15.3. The number of anilines is 1. The third-order valence-electron chi connectivity index (χ3n) is 5.15. The summed E-state index contributed by atoms with van der Waals surface area (Å²) in [6.45, 7) is 4.49. The Balaban J connectivity index is 1.53. The van der Waals surface area contributed by atoms with Gasteiger partial charge in [-0.05, 0) is 59.7 Å². The molecule has 1 aliphatic carbocycles. The van der Waals surface area contributed by atoms with Crippen LogP contribution < -0.4 is 4.90 Å². The molecule has 0 unspecified atom stereocenters. The summed E-state index contributed by atoms with van der Waals surface area (Å²) in [6, 6.07) is 2.45. The molecule has 1 amide bonds. The number of nitrogens with zero attached hydrogens (tertiary/aromatic N) is 3. The highest BCUT2D eigenvalue weighted by molar-refractivity contribution is 9.10. The number of halogens is 1. The maximum atomic E-state index is 11.3. The lowest BCUT2D eigenvalue weighted by Gasteiger charge is -2.42. The standard InChI is InChI=1S/C17H22BrN3O3/c1-10-6-20(17(22)23)7-13-4-12-5-14(18)15(19-16(12)21(10)13)9-24-8-11-2-3-11/h5,10-11,13H,2-4,6-9H2,1H3,(H,22,23)/t10-,13-/m1/s1. The molecule has 1 aromatic rings. The highest BCUT2D eigenvalue weighted by Crippen LogP contribution is 2.37. The molecule has 0 bridgehead atoms. The molecule has 1 saturated carbocycles. The molecule has 0 radical (unpaired) electrons. The van der Waals surface area contributed by atoms with E-state index in [-0.39, 0.29) is 12.1 Å². The monoisotopic (exact) mass is 395 g/mol. The summed E-state index contributed by atoms with van der Waals surface area (Å²) in [5, 5.41) is 9.30. The first-order chi connectivity index (χ1) is 11.5. The van der Waals surface area contributed by atoms with E-state index in [1.165, 1.54) is 23.3 Å². The number of carbonyl (C=O) groups is 1. The van der Waals surface area contributed by atoms with Gasteiger partial charge >= 0.3 is 6.09 Å². The summed E-state index contributed by atoms with van der Waals surface area (Å²) >= 11 is 3.62. The first-order valence-corrected chi connectivity index (χ1v) is 9.34. The summed E-state index contributed by atoms with van der Waals surface area (Å²) < 4.78 is 6.78. The van der Waals surface area contributed by atoms with Gasteiger partial charge in [0.1, 0.15) is 5.82 Å². The summed E-state index contributed by atoms with van der Waals surface area (Å²) in [5.41, 5.74) is 2.12. The Bertz CT molecular complexity index is 665. The van der Waals surface area contributed by atoms with E-state index in [2.05, 4.69) is 33.8 Å². The van der Waals surface area contributed by atoms with Crippen LogP contribution in [-0.2, 0) is 17.8 Å². The zero-order valence-electron chi connectivity index (χ0n) is 13.7. The molecule has 0 spiro atoms. The second-order valence-corrected chi connectivity index (χ2v) is 8.01. The molecular weight excluding hydrogens is 374 g/mol. The quantitative estimate of drug-likeness (QED) is 0.848. The predicted molar refractivity (Wildman–Crippen MR) is 93.3 cm³/mol. The van der Waals surface area contributed by atoms with Crippen LogP contribution >= 0.6 is 15.9 Å². The van der Waals surface area contributed by atoms with E-state index in [1.54, 1.807) is 0 Å². The van der Waals surface area contributed by atoms with Crippen molar-refractivity contribution in [2.45, 2.75) is 44.9 Å². The molecule has 3 aliphatic rings. The van der Waals surface area contributed by atoms with Crippen molar-refractivity contribution in [2.75, 3.05) is 24.6 Å². The summed E-state index contributed by atoms with van der Waals surface area (Å²) in [5.74, 6) is 1.75. The van der Waals surface area contributed by atoms with Crippen LogP contribution in [0.4, 0.5) is 10.6 Å². The maximum Gasteiger partial charge on any atom is 0.407 e. The average molecular weight is 396 g/mol. The van der Waals surface area contributed by atoms with Gasteiger partial charge in [-0.3, -0.25) is 0 Å². The second-order valence-electron chi connectivity index (χ2n) is 7.16. The van der Waals surface area contributed by atoms with Crippen molar-refractivity contribution in [1.29, 1.82) is 0 Å². The zero-order chi connectivity index (χ0) is 16.8. The molecule has 6 nitrogen and oxygen atoms in total. The minimum atomic E-state index is -0.833. The molecule has 3 heterocycles. The number of aromatic nitrogens is 1. The highest BCUT2D eigenvalue weighted by atomic mass is 79.9. The van der Waals surface area contributed by atoms with Crippen LogP contribution in [0.15, 0.2) is 10.5 Å². The number of ether oxygens (including phenoxy) is 1. The maximum absolute atomic E-state index is 11.3. The van der Waals surface area contributed by atoms with Crippen molar-refractivity contribution >= 4 is 27.8 Å². The van der Waals surface area contributed by atoms with Gasteiger partial charge in [0.05, 0.1) is 18.3 Å². The van der Waals surface area contributed by atoms with Gasteiger partial charge in [-0.15, -0.1) is 0 Å². The van der Waals surface area contributed by atoms with Crippen LogP contribution in [0, 0.1) is 5.92 Å². The van der Waals surface area contributed by atoms with E-state index in [4.69, 9.17) is 9.72 Å². The third-order valence-corrected chi connectivity index (χ3v) is 5.84. The molecule has 0 aromatic carbocycles. The average Bonchev–Trinajstić information content (AvgIpc) is 3.27. The first kappa shape index (κ1) is 16.1. The molecule has 1 saturated heterocycles. The van der Waals surface area contributed by atoms with Crippen molar-refractivity contribution in [3.63, 3.8) is 0 Å². The molecule has 2 fully saturated rings. The van der Waals surface area contributed by atoms with E-state index < -0.39 is 6.09 Å². The minimum absolute atomic E-state index is 0.134. The van der Waals surface area contributed by atoms with Gasteiger partial charge in [0.25, 0.3) is 0 Å². The number of piperazine rings is 1. The number of rotatable bonds is 4. The van der Waals surface area contributed by atoms with Gasteiger partial charge < -0.3 is 19.6 Å². The number of carboxylic acid groups (broad SMARTS) is 1. The van der Waals surface area contributed by atoms with Gasteiger partial charge in [0.15, 0.2) is 0 Å². The Morgan fingerprint density at radius 1 is 1.46 bits per heavy atom. The minimum Gasteiger partial charge on any atom is -0.465 e. The Morgan fingerprint density at radius 3 is 2.96 bits per heavy atom. The number of hydrogen-bond donors (Lipinski definition) is 1. The van der Waals surface area contributed by atoms with Crippen molar-refractivity contribution in [3.8, 4) is 0 Å². The fourth-order valence-electron chi connectivity index (χ4n) is 3.77. The topological polar surface area (TPSA) is 65.9 Å². The van der Waals surface area contributed by atoms with Crippen molar-refractivity contribution in [2.24, 2.45) is 5.92 Å². The molecule has 24 heavy (non-hydrogen) atoms. The molecule has 4 rings (SSSR count). The molecular formula is C17H22BrN3O3. The fourth-order valence-corrected chi connectivity index (χ4v) is 4.25. The van der Waals surface area contributed by atoms with Crippen LogP contribution in [-0.4, -0.2) is 52.9 Å². The second kappa shape index (κ2) is 6.19. The molecule has 1 aromatic heterocycles. The first-order valence-electron chi connectivity index (χ1n) is 8.55. The lowest BCUT2D eigenvalue weighted by Crippen LogP contribution is -2.58. The number of pyridine rings is 1. The Hall–Kier alpha value is -1.34. The van der Waals surface area contributed by atoms with Crippen molar-refractivity contribution in [1.82, 2.24) is 9.88 Å². The van der Waals surface area contributed by atoms with E-state index in [0.717, 1.165) is 34.9 Å². The van der Waals surface area contributed by atoms with Crippen LogP contribution in [0.2, 0.25) is 0 Å². The van der Waals surface area contributed by atoms with Crippen LogP contribution in [0.25, 0.3) is 0 Å². The lowest BCUT2D eigenvalue weighted by atomic mass is 10.1. The summed E-state index contributed by atoms with van der Waals surface area (Å²) in [4.78, 5) is 20.0. The van der Waals surface area contributed by atoms with Crippen molar-refractivity contribution in [3.05, 3.63) is 21.8 Å². The molecule has 130 valence electrons. The van der Waals surface area contributed by atoms with Gasteiger partial charge in [0, 0.05) is 30.2 Å². The normalized spacial score (nSPS) is 25.6. The number of fused-ring (bicyclic) bond motifs is 3. The SMILES string of the molecule is C[C@@H]1CN(C(=O)O)C[C@H]2Cc3cc(Br)c(COCC4CC4)nc3N21. The molecule has 1 N–H and O–H groups in total. The van der Waals surface area contributed by atoms with Crippen LogP contribution in [0.3, 0.4) is 0 Å². The highest BCUT2D eigenvalue weighted by Gasteiger charge is 2.40. The number of hydrogen-bond acceptors (Lipinski definition) is 4. The van der Waals surface area contributed by atoms with Crippen molar-refractivity contribution < 1.29 is 14.6 Å².